The topological polar surface area (TPSA) is 76.5 Å². The summed E-state index contributed by atoms with van der Waals surface area (Å²) in [4.78, 5) is 28.4. The van der Waals surface area contributed by atoms with Gasteiger partial charge < -0.3 is 9.84 Å². The Morgan fingerprint density at radius 1 is 1.26 bits per heavy atom. The van der Waals surface area contributed by atoms with Gasteiger partial charge in [-0.1, -0.05) is 17.7 Å². The molecule has 0 aliphatic heterocycles. The van der Waals surface area contributed by atoms with Crippen molar-refractivity contribution in [2.45, 2.75) is 52.1 Å². The molecule has 0 spiro atoms. The summed E-state index contributed by atoms with van der Waals surface area (Å²) in [5.41, 5.74) is 1.96. The number of aliphatic hydroxyl groups is 1. The van der Waals surface area contributed by atoms with Crippen molar-refractivity contribution >= 4 is 34.7 Å². The summed E-state index contributed by atoms with van der Waals surface area (Å²) in [5, 5.41) is 12.5. The second-order valence-corrected chi connectivity index (χ2v) is 8.52. The van der Waals surface area contributed by atoms with Crippen LogP contribution in [-0.4, -0.2) is 34.1 Å². The minimum atomic E-state index is -0.547. The Kier molecular flexibility index (Phi) is 7.53. The van der Waals surface area contributed by atoms with E-state index in [0.29, 0.717) is 17.1 Å². The highest BCUT2D eigenvalue weighted by Crippen LogP contribution is 2.30. The van der Waals surface area contributed by atoms with E-state index in [4.69, 9.17) is 16.3 Å². The monoisotopic (exact) mass is 409 g/mol. The van der Waals surface area contributed by atoms with Gasteiger partial charge in [-0.15, -0.1) is 11.3 Å². The van der Waals surface area contributed by atoms with E-state index >= 15 is 0 Å². The average molecular weight is 410 g/mol. The number of esters is 1. The maximum absolute atomic E-state index is 12.1. The standard InChI is InChI=1S/C20H24ClNO4S/c1-20(2,3)26-18(25)7-5-16(24)11-15-12-27-19(22-15)17-6-4-14(21)10-13(17)8-9-23/h4,6,10,12,23H,5,7-9,11H2,1-3H3. The summed E-state index contributed by atoms with van der Waals surface area (Å²) in [6.45, 7) is 5.41. The van der Waals surface area contributed by atoms with E-state index in [-0.39, 0.29) is 37.6 Å². The number of hydrogen-bond donors (Lipinski definition) is 1. The van der Waals surface area contributed by atoms with E-state index in [1.807, 2.05) is 17.5 Å². The number of carbonyl (C=O) groups is 2. The first-order valence-corrected chi connectivity index (χ1v) is 10.0. The lowest BCUT2D eigenvalue weighted by Crippen LogP contribution is -2.24. The number of ketones is 1. The number of nitrogens with zero attached hydrogens (tertiary/aromatic N) is 1. The molecule has 1 aromatic heterocycles. The van der Waals surface area contributed by atoms with Crippen LogP contribution in [0, 0.1) is 0 Å². The predicted molar refractivity (Wildman–Crippen MR) is 107 cm³/mol. The molecule has 0 bridgehead atoms. The van der Waals surface area contributed by atoms with E-state index < -0.39 is 5.60 Å². The number of rotatable bonds is 8. The lowest BCUT2D eigenvalue weighted by Gasteiger charge is -2.19. The first-order chi connectivity index (χ1) is 12.7. The van der Waals surface area contributed by atoms with Gasteiger partial charge in [0.1, 0.15) is 16.4 Å². The van der Waals surface area contributed by atoms with Crippen LogP contribution in [0.25, 0.3) is 10.6 Å². The van der Waals surface area contributed by atoms with Crippen molar-refractivity contribution in [1.82, 2.24) is 4.98 Å². The zero-order chi connectivity index (χ0) is 20.0. The highest BCUT2D eigenvalue weighted by molar-refractivity contribution is 7.13. The first kappa shape index (κ1) is 21.5. The van der Waals surface area contributed by atoms with Gasteiger partial charge in [-0.3, -0.25) is 9.59 Å². The molecule has 2 aromatic rings. The summed E-state index contributed by atoms with van der Waals surface area (Å²) in [7, 11) is 0. The Bertz CT molecular complexity index is 811. The van der Waals surface area contributed by atoms with Gasteiger partial charge in [0.05, 0.1) is 12.1 Å². The Morgan fingerprint density at radius 3 is 2.67 bits per heavy atom. The van der Waals surface area contributed by atoms with Crippen LogP contribution in [0.4, 0.5) is 0 Å². The Labute approximate surface area is 168 Å². The number of aromatic nitrogens is 1. The molecule has 0 unspecified atom stereocenters. The molecule has 0 aliphatic carbocycles. The van der Waals surface area contributed by atoms with E-state index in [9.17, 15) is 14.7 Å². The number of carbonyl (C=O) groups excluding carboxylic acids is 2. The van der Waals surface area contributed by atoms with Crippen molar-refractivity contribution in [3.63, 3.8) is 0 Å². The summed E-state index contributed by atoms with van der Waals surface area (Å²) in [5.74, 6) is -0.422. The van der Waals surface area contributed by atoms with Gasteiger partial charge in [-0.25, -0.2) is 4.98 Å². The molecule has 146 valence electrons. The molecule has 0 aliphatic rings. The number of Topliss-reactive ketones (excluding diaryl/α,β-unsaturated/α-hetero) is 1. The van der Waals surface area contributed by atoms with Crippen molar-refractivity contribution in [3.8, 4) is 10.6 Å². The molecule has 1 aromatic carbocycles. The van der Waals surface area contributed by atoms with Crippen LogP contribution < -0.4 is 0 Å². The summed E-state index contributed by atoms with van der Waals surface area (Å²) in [6.07, 6.45) is 0.880. The summed E-state index contributed by atoms with van der Waals surface area (Å²) < 4.78 is 5.21. The molecular formula is C20H24ClNO4S. The smallest absolute Gasteiger partial charge is 0.306 e. The lowest BCUT2D eigenvalue weighted by atomic mass is 10.1. The van der Waals surface area contributed by atoms with Crippen molar-refractivity contribution in [2.24, 2.45) is 0 Å². The van der Waals surface area contributed by atoms with Crippen molar-refractivity contribution < 1.29 is 19.4 Å². The highest BCUT2D eigenvalue weighted by Gasteiger charge is 2.18. The van der Waals surface area contributed by atoms with Gasteiger partial charge in [0.15, 0.2) is 0 Å². The molecule has 0 amide bonds. The third-order valence-electron chi connectivity index (χ3n) is 3.64. The molecule has 2 rings (SSSR count). The Morgan fingerprint density at radius 2 is 2.00 bits per heavy atom. The molecule has 0 saturated carbocycles. The number of halogens is 1. The number of thiazole rings is 1. The van der Waals surface area contributed by atoms with Gasteiger partial charge in [-0.05, 0) is 44.9 Å². The number of aliphatic hydroxyl groups excluding tert-OH is 1. The predicted octanol–water partition coefficient (Wildman–Crippen LogP) is 4.23. The minimum Gasteiger partial charge on any atom is -0.460 e. The van der Waals surface area contributed by atoms with Gasteiger partial charge in [0.25, 0.3) is 0 Å². The fraction of sp³-hybridized carbons (Fsp3) is 0.450. The molecule has 0 radical (unpaired) electrons. The van der Waals surface area contributed by atoms with Crippen LogP contribution in [0.2, 0.25) is 5.02 Å². The quantitative estimate of drug-likeness (QED) is 0.660. The SMILES string of the molecule is CC(C)(C)OC(=O)CCC(=O)Cc1csc(-c2ccc(Cl)cc2CCO)n1. The lowest BCUT2D eigenvalue weighted by molar-refractivity contribution is -0.155. The molecule has 0 atom stereocenters. The molecular weight excluding hydrogens is 386 g/mol. The normalized spacial score (nSPS) is 11.4. The first-order valence-electron chi connectivity index (χ1n) is 8.75. The van der Waals surface area contributed by atoms with Gasteiger partial charge >= 0.3 is 5.97 Å². The van der Waals surface area contributed by atoms with Gasteiger partial charge in [-0.2, -0.15) is 0 Å². The second kappa shape index (κ2) is 9.44. The molecule has 5 nitrogen and oxygen atoms in total. The van der Waals surface area contributed by atoms with Gasteiger partial charge in [0.2, 0.25) is 0 Å². The Balaban J connectivity index is 1.98. The summed E-state index contributed by atoms with van der Waals surface area (Å²) >= 11 is 7.48. The second-order valence-electron chi connectivity index (χ2n) is 7.22. The number of ether oxygens (including phenoxy) is 1. The molecule has 0 fully saturated rings. The van der Waals surface area contributed by atoms with E-state index in [0.717, 1.165) is 16.1 Å². The fourth-order valence-electron chi connectivity index (χ4n) is 2.53. The van der Waals surface area contributed by atoms with Crippen molar-refractivity contribution in [1.29, 1.82) is 0 Å². The van der Waals surface area contributed by atoms with Crippen LogP contribution in [0.3, 0.4) is 0 Å². The van der Waals surface area contributed by atoms with Crippen LogP contribution in [0.5, 0.6) is 0 Å². The van der Waals surface area contributed by atoms with Crippen molar-refractivity contribution in [3.05, 3.63) is 39.9 Å². The Hall–Kier alpha value is -1.76. The largest absolute Gasteiger partial charge is 0.460 e. The molecule has 7 heteroatoms. The highest BCUT2D eigenvalue weighted by atomic mass is 35.5. The summed E-state index contributed by atoms with van der Waals surface area (Å²) in [6, 6.07) is 5.48. The van der Waals surface area contributed by atoms with Gasteiger partial charge in [0, 0.05) is 35.4 Å². The average Bonchev–Trinajstić information content (AvgIpc) is 3.00. The fourth-order valence-corrected chi connectivity index (χ4v) is 3.61. The minimum absolute atomic E-state index is 0.0225. The number of benzene rings is 1. The maximum atomic E-state index is 12.1. The molecule has 27 heavy (non-hydrogen) atoms. The molecule has 1 heterocycles. The van der Waals surface area contributed by atoms with Crippen LogP contribution in [-0.2, 0) is 27.2 Å². The van der Waals surface area contributed by atoms with Crippen molar-refractivity contribution in [2.75, 3.05) is 6.61 Å². The van der Waals surface area contributed by atoms with Crippen LogP contribution in [0.1, 0.15) is 44.9 Å². The van der Waals surface area contributed by atoms with E-state index in [2.05, 4.69) is 4.98 Å². The number of hydrogen-bond acceptors (Lipinski definition) is 6. The van der Waals surface area contributed by atoms with E-state index in [1.54, 1.807) is 26.8 Å². The zero-order valence-electron chi connectivity index (χ0n) is 15.8. The maximum Gasteiger partial charge on any atom is 0.306 e. The zero-order valence-corrected chi connectivity index (χ0v) is 17.3. The third kappa shape index (κ3) is 7.05. The van der Waals surface area contributed by atoms with Crippen LogP contribution in [0.15, 0.2) is 23.6 Å². The molecule has 1 N–H and O–H groups in total. The van der Waals surface area contributed by atoms with Crippen LogP contribution >= 0.6 is 22.9 Å². The van der Waals surface area contributed by atoms with E-state index in [1.165, 1.54) is 11.3 Å². The third-order valence-corrected chi connectivity index (χ3v) is 4.80. The molecule has 0 saturated heterocycles.